The van der Waals surface area contributed by atoms with Gasteiger partial charge in [0.15, 0.2) is 0 Å². The summed E-state index contributed by atoms with van der Waals surface area (Å²) in [4.78, 5) is 42.9. The number of nitrogens with zero attached hydrogens (tertiary/aromatic N) is 3. The Morgan fingerprint density at radius 3 is 2.53 bits per heavy atom. The molecule has 4 heterocycles. The van der Waals surface area contributed by atoms with Crippen LogP contribution in [0.2, 0.25) is 0 Å². The van der Waals surface area contributed by atoms with Gasteiger partial charge in [-0.25, -0.2) is 0 Å². The van der Waals surface area contributed by atoms with Gasteiger partial charge < -0.3 is 9.64 Å². The van der Waals surface area contributed by atoms with E-state index in [1.165, 1.54) is 11.3 Å². The Balaban J connectivity index is 1.54. The van der Waals surface area contributed by atoms with Crippen LogP contribution in [0.4, 0.5) is 0 Å². The molecule has 0 bridgehead atoms. The summed E-state index contributed by atoms with van der Waals surface area (Å²) in [5.74, 6) is -0.352. The molecule has 0 unspecified atom stereocenters. The van der Waals surface area contributed by atoms with Gasteiger partial charge in [-0.2, -0.15) is 0 Å². The van der Waals surface area contributed by atoms with E-state index in [9.17, 15) is 14.4 Å². The number of pyridine rings is 2. The van der Waals surface area contributed by atoms with Gasteiger partial charge in [0, 0.05) is 37.9 Å². The standard InChI is InChI=1S/C26H25N3O4S/c1-2-33-22(30)17-27-11-13-28(14-12-27)25(31)21-16-20(18-6-4-3-5-7-18)26(32)29-10-8-19-9-15-34-24(19)23(21)29/h3-10,15-16H,2,11-14,17H2,1H3. The highest BCUT2D eigenvalue weighted by Crippen LogP contribution is 2.30. The molecule has 34 heavy (non-hydrogen) atoms. The molecule has 0 saturated carbocycles. The second-order valence-electron chi connectivity index (χ2n) is 8.26. The maximum absolute atomic E-state index is 13.8. The smallest absolute Gasteiger partial charge is 0.320 e. The largest absolute Gasteiger partial charge is 0.465 e. The van der Waals surface area contributed by atoms with Crippen LogP contribution < -0.4 is 5.56 Å². The van der Waals surface area contributed by atoms with Crippen LogP contribution in [0, 0.1) is 0 Å². The second kappa shape index (κ2) is 9.40. The molecule has 3 aromatic heterocycles. The third-order valence-electron chi connectivity index (χ3n) is 6.18. The van der Waals surface area contributed by atoms with Gasteiger partial charge in [-0.05, 0) is 41.5 Å². The van der Waals surface area contributed by atoms with Gasteiger partial charge in [0.1, 0.15) is 0 Å². The average molecular weight is 476 g/mol. The fraction of sp³-hybridized carbons (Fsp3) is 0.269. The Morgan fingerprint density at radius 1 is 1.03 bits per heavy atom. The number of ether oxygens (including phenoxy) is 1. The maximum atomic E-state index is 13.8. The van der Waals surface area contributed by atoms with Gasteiger partial charge in [-0.3, -0.25) is 23.7 Å². The normalized spacial score (nSPS) is 14.6. The predicted molar refractivity (Wildman–Crippen MR) is 133 cm³/mol. The molecule has 1 aromatic carbocycles. The van der Waals surface area contributed by atoms with Gasteiger partial charge in [0.25, 0.3) is 11.5 Å². The zero-order chi connectivity index (χ0) is 23.7. The number of rotatable bonds is 5. The zero-order valence-electron chi connectivity index (χ0n) is 18.9. The van der Waals surface area contributed by atoms with E-state index >= 15 is 0 Å². The lowest BCUT2D eigenvalue weighted by Crippen LogP contribution is -2.50. The molecule has 0 aliphatic carbocycles. The highest BCUT2D eigenvalue weighted by atomic mass is 32.1. The SMILES string of the molecule is CCOC(=O)CN1CCN(C(=O)c2cc(-c3ccccc3)c(=O)n3ccc4ccsc4c23)CC1. The lowest BCUT2D eigenvalue weighted by Gasteiger charge is -2.34. The minimum absolute atomic E-state index is 0.105. The zero-order valence-corrected chi connectivity index (χ0v) is 19.7. The summed E-state index contributed by atoms with van der Waals surface area (Å²) in [6.45, 7) is 4.57. The molecular weight excluding hydrogens is 450 g/mol. The van der Waals surface area contributed by atoms with Crippen LogP contribution in [0.5, 0.6) is 0 Å². The van der Waals surface area contributed by atoms with Crippen LogP contribution in [0.3, 0.4) is 0 Å². The Labute approximate surface area is 200 Å². The predicted octanol–water partition coefficient (Wildman–Crippen LogP) is 3.50. The number of hydrogen-bond donors (Lipinski definition) is 0. The maximum Gasteiger partial charge on any atom is 0.320 e. The van der Waals surface area contributed by atoms with E-state index in [-0.39, 0.29) is 24.0 Å². The molecule has 1 aliphatic rings. The molecule has 174 valence electrons. The number of carbonyl (C=O) groups is 2. The fourth-order valence-electron chi connectivity index (χ4n) is 4.46. The van der Waals surface area contributed by atoms with E-state index in [4.69, 9.17) is 4.74 Å². The third-order valence-corrected chi connectivity index (χ3v) is 7.12. The Morgan fingerprint density at radius 2 is 1.79 bits per heavy atom. The Kier molecular flexibility index (Phi) is 6.17. The monoisotopic (exact) mass is 475 g/mol. The van der Waals surface area contributed by atoms with Crippen molar-refractivity contribution < 1.29 is 14.3 Å². The molecule has 1 amide bonds. The first-order valence-corrected chi connectivity index (χ1v) is 12.2. The van der Waals surface area contributed by atoms with E-state index in [1.54, 1.807) is 23.6 Å². The number of fused-ring (bicyclic) bond motifs is 3. The number of benzene rings is 1. The number of piperazine rings is 1. The molecule has 0 atom stereocenters. The van der Waals surface area contributed by atoms with Gasteiger partial charge in [-0.1, -0.05) is 30.3 Å². The molecule has 1 saturated heterocycles. The van der Waals surface area contributed by atoms with E-state index in [0.717, 1.165) is 15.6 Å². The van der Waals surface area contributed by atoms with Crippen molar-refractivity contribution >= 4 is 38.8 Å². The topological polar surface area (TPSA) is 71.3 Å². The summed E-state index contributed by atoms with van der Waals surface area (Å²) in [6.07, 6.45) is 1.76. The van der Waals surface area contributed by atoms with Crippen molar-refractivity contribution in [1.29, 1.82) is 0 Å². The molecule has 5 rings (SSSR count). The van der Waals surface area contributed by atoms with Crippen molar-refractivity contribution in [3.8, 4) is 11.1 Å². The highest BCUT2D eigenvalue weighted by Gasteiger charge is 2.27. The number of aromatic nitrogens is 1. The van der Waals surface area contributed by atoms with Gasteiger partial charge in [0.05, 0.1) is 28.9 Å². The second-order valence-corrected chi connectivity index (χ2v) is 9.17. The molecule has 8 heteroatoms. The van der Waals surface area contributed by atoms with Crippen molar-refractivity contribution in [2.24, 2.45) is 0 Å². The summed E-state index contributed by atoms with van der Waals surface area (Å²) < 4.78 is 7.57. The van der Waals surface area contributed by atoms with Crippen molar-refractivity contribution in [2.75, 3.05) is 39.3 Å². The number of carbonyl (C=O) groups excluding carboxylic acids is 2. The number of amides is 1. The molecular formula is C26H25N3O4S. The number of hydrogen-bond acceptors (Lipinski definition) is 6. The number of esters is 1. The van der Waals surface area contributed by atoms with E-state index in [2.05, 4.69) is 0 Å². The van der Waals surface area contributed by atoms with E-state index < -0.39 is 0 Å². The van der Waals surface area contributed by atoms with Crippen LogP contribution in [0.25, 0.3) is 26.7 Å². The van der Waals surface area contributed by atoms with E-state index in [1.807, 2.05) is 57.6 Å². The lowest BCUT2D eigenvalue weighted by molar-refractivity contribution is -0.144. The summed E-state index contributed by atoms with van der Waals surface area (Å²) in [5, 5.41) is 2.98. The van der Waals surface area contributed by atoms with Gasteiger partial charge in [0.2, 0.25) is 0 Å². The Hall–Kier alpha value is -3.49. The molecule has 0 N–H and O–H groups in total. The van der Waals surface area contributed by atoms with Crippen molar-refractivity contribution in [3.63, 3.8) is 0 Å². The Bertz CT molecular complexity index is 1420. The first kappa shape index (κ1) is 22.3. The first-order valence-electron chi connectivity index (χ1n) is 11.3. The molecule has 7 nitrogen and oxygen atoms in total. The minimum atomic E-state index is -0.247. The van der Waals surface area contributed by atoms with Gasteiger partial charge in [-0.15, -0.1) is 11.3 Å². The molecule has 4 aromatic rings. The minimum Gasteiger partial charge on any atom is -0.465 e. The average Bonchev–Trinajstić information content (AvgIpc) is 3.34. The van der Waals surface area contributed by atoms with Crippen LogP contribution in [0.15, 0.2) is 64.9 Å². The summed E-state index contributed by atoms with van der Waals surface area (Å²) in [7, 11) is 0. The van der Waals surface area contributed by atoms with Crippen molar-refractivity contribution in [2.45, 2.75) is 6.92 Å². The summed E-state index contributed by atoms with van der Waals surface area (Å²) in [6, 6.07) is 15.1. The summed E-state index contributed by atoms with van der Waals surface area (Å²) >= 11 is 1.53. The third kappa shape index (κ3) is 4.10. The van der Waals surface area contributed by atoms with Crippen molar-refractivity contribution in [1.82, 2.24) is 14.2 Å². The van der Waals surface area contributed by atoms with Crippen LogP contribution in [-0.4, -0.2) is 65.4 Å². The van der Waals surface area contributed by atoms with Crippen LogP contribution >= 0.6 is 11.3 Å². The molecule has 1 aliphatic heterocycles. The van der Waals surface area contributed by atoms with E-state index in [0.29, 0.717) is 49.4 Å². The van der Waals surface area contributed by atoms with Crippen LogP contribution in [0.1, 0.15) is 17.3 Å². The quantitative estimate of drug-likeness (QED) is 0.413. The molecule has 0 radical (unpaired) electrons. The van der Waals surface area contributed by atoms with Gasteiger partial charge >= 0.3 is 5.97 Å². The molecule has 0 spiro atoms. The fourth-order valence-corrected chi connectivity index (χ4v) is 5.41. The summed E-state index contributed by atoms with van der Waals surface area (Å²) in [5.41, 5.74) is 2.30. The van der Waals surface area contributed by atoms with Crippen LogP contribution in [-0.2, 0) is 9.53 Å². The molecule has 1 fully saturated rings. The van der Waals surface area contributed by atoms with Crippen molar-refractivity contribution in [3.05, 3.63) is 76.0 Å². The number of thiophene rings is 1. The first-order chi connectivity index (χ1) is 16.6. The lowest BCUT2D eigenvalue weighted by atomic mass is 10.0. The highest BCUT2D eigenvalue weighted by molar-refractivity contribution is 7.18.